The number of aliphatic hydroxyl groups excluding tert-OH is 1. The summed E-state index contributed by atoms with van der Waals surface area (Å²) in [6.07, 6.45) is 0.929. The third-order valence-electron chi connectivity index (χ3n) is 3.09. The van der Waals surface area contributed by atoms with Crippen molar-refractivity contribution in [2.24, 2.45) is 4.99 Å². The van der Waals surface area contributed by atoms with Crippen LogP contribution in [0.5, 0.6) is 5.75 Å². The van der Waals surface area contributed by atoms with Crippen molar-refractivity contribution >= 4 is 17.4 Å². The minimum atomic E-state index is -0.216. The van der Waals surface area contributed by atoms with Crippen LogP contribution in [0.1, 0.15) is 18.9 Å². The summed E-state index contributed by atoms with van der Waals surface area (Å²) in [6.45, 7) is 2.84. The molecular weight excluding hydrogens is 256 g/mol. The molecule has 20 heavy (non-hydrogen) atoms. The maximum atomic E-state index is 11.8. The smallest absolute Gasteiger partial charge is 0.167 e. The molecule has 0 spiro atoms. The van der Waals surface area contributed by atoms with Gasteiger partial charge in [-0.25, -0.2) is 0 Å². The summed E-state index contributed by atoms with van der Waals surface area (Å²) in [4.78, 5) is 16.1. The van der Waals surface area contributed by atoms with Crippen molar-refractivity contribution in [1.82, 2.24) is 5.32 Å². The highest BCUT2D eigenvalue weighted by Gasteiger charge is 2.20. The van der Waals surface area contributed by atoms with Crippen LogP contribution in [-0.2, 0) is 4.79 Å². The Bertz CT molecular complexity index is 559. The first-order valence-corrected chi connectivity index (χ1v) is 6.50. The molecule has 0 saturated carbocycles. The molecule has 0 bridgehead atoms. The SMILES string of the molecule is COc1ccc(C(O)=C(C(C)=O)C2=NCCCN2)cc1. The van der Waals surface area contributed by atoms with E-state index in [0.717, 1.165) is 13.0 Å². The number of Topliss-reactive ketones (excluding diaryl/α,β-unsaturated/α-hetero) is 1. The molecule has 0 atom stereocenters. The number of nitrogens with zero attached hydrogens (tertiary/aromatic N) is 1. The maximum absolute atomic E-state index is 11.8. The lowest BCUT2D eigenvalue weighted by Crippen LogP contribution is -2.33. The van der Waals surface area contributed by atoms with E-state index in [2.05, 4.69) is 10.3 Å². The van der Waals surface area contributed by atoms with Crippen LogP contribution in [0, 0.1) is 0 Å². The molecule has 0 aliphatic carbocycles. The van der Waals surface area contributed by atoms with Gasteiger partial charge in [-0.2, -0.15) is 0 Å². The number of nitrogens with one attached hydrogen (secondary N) is 1. The molecule has 0 radical (unpaired) electrons. The van der Waals surface area contributed by atoms with Gasteiger partial charge in [0.2, 0.25) is 0 Å². The minimum absolute atomic E-state index is 0.0618. The highest BCUT2D eigenvalue weighted by molar-refractivity contribution is 6.25. The average molecular weight is 274 g/mol. The summed E-state index contributed by atoms with van der Waals surface area (Å²) in [7, 11) is 1.58. The van der Waals surface area contributed by atoms with Crippen LogP contribution in [0.15, 0.2) is 34.8 Å². The number of methoxy groups -OCH3 is 1. The molecule has 5 heteroatoms. The van der Waals surface area contributed by atoms with Gasteiger partial charge in [-0.1, -0.05) is 0 Å². The van der Waals surface area contributed by atoms with E-state index in [-0.39, 0.29) is 17.1 Å². The molecule has 0 fully saturated rings. The minimum Gasteiger partial charge on any atom is -0.506 e. The number of hydrogen-bond acceptors (Lipinski definition) is 5. The Balaban J connectivity index is 2.42. The van der Waals surface area contributed by atoms with E-state index in [0.29, 0.717) is 23.7 Å². The van der Waals surface area contributed by atoms with Gasteiger partial charge >= 0.3 is 0 Å². The first kappa shape index (κ1) is 14.1. The zero-order valence-electron chi connectivity index (χ0n) is 11.6. The van der Waals surface area contributed by atoms with Crippen LogP contribution in [0.25, 0.3) is 5.76 Å². The molecule has 0 unspecified atom stereocenters. The monoisotopic (exact) mass is 274 g/mol. The molecule has 1 aromatic rings. The van der Waals surface area contributed by atoms with Crippen molar-refractivity contribution in [2.75, 3.05) is 20.2 Å². The molecule has 0 saturated heterocycles. The Morgan fingerprint density at radius 2 is 2.05 bits per heavy atom. The Labute approximate surface area is 118 Å². The number of benzene rings is 1. The molecule has 1 aliphatic heterocycles. The quantitative estimate of drug-likeness (QED) is 0.650. The van der Waals surface area contributed by atoms with E-state index in [9.17, 15) is 9.90 Å². The normalized spacial score (nSPS) is 15.8. The van der Waals surface area contributed by atoms with Gasteiger partial charge in [0.25, 0.3) is 0 Å². The summed E-state index contributed by atoms with van der Waals surface area (Å²) >= 11 is 0. The van der Waals surface area contributed by atoms with Gasteiger partial charge in [0, 0.05) is 18.7 Å². The third kappa shape index (κ3) is 2.99. The molecule has 5 nitrogen and oxygen atoms in total. The van der Waals surface area contributed by atoms with E-state index < -0.39 is 0 Å². The highest BCUT2D eigenvalue weighted by atomic mass is 16.5. The van der Waals surface area contributed by atoms with E-state index in [1.165, 1.54) is 6.92 Å². The number of carbonyl (C=O) groups excluding carboxylic acids is 1. The van der Waals surface area contributed by atoms with Crippen molar-refractivity contribution in [3.8, 4) is 5.75 Å². The molecule has 1 aromatic carbocycles. The van der Waals surface area contributed by atoms with Crippen LogP contribution >= 0.6 is 0 Å². The van der Waals surface area contributed by atoms with E-state index >= 15 is 0 Å². The predicted molar refractivity (Wildman–Crippen MR) is 78.1 cm³/mol. The molecule has 2 N–H and O–H groups in total. The summed E-state index contributed by atoms with van der Waals surface area (Å²) in [5.41, 5.74) is 0.793. The van der Waals surface area contributed by atoms with E-state index in [1.54, 1.807) is 31.4 Å². The molecular formula is C15H18N2O3. The molecule has 2 rings (SSSR count). The number of amidine groups is 1. The maximum Gasteiger partial charge on any atom is 0.167 e. The molecule has 1 aliphatic rings. The average Bonchev–Trinajstić information content (AvgIpc) is 2.48. The Kier molecular flexibility index (Phi) is 4.40. The number of ether oxygens (including phenoxy) is 1. The van der Waals surface area contributed by atoms with Crippen molar-refractivity contribution in [2.45, 2.75) is 13.3 Å². The molecule has 0 amide bonds. The second kappa shape index (κ2) is 6.23. The van der Waals surface area contributed by atoms with Crippen LogP contribution in [0.2, 0.25) is 0 Å². The number of rotatable bonds is 4. The topological polar surface area (TPSA) is 70.9 Å². The molecule has 106 valence electrons. The molecule has 1 heterocycles. The Morgan fingerprint density at radius 1 is 1.35 bits per heavy atom. The van der Waals surface area contributed by atoms with Crippen molar-refractivity contribution in [3.63, 3.8) is 0 Å². The van der Waals surface area contributed by atoms with Gasteiger partial charge in [0.05, 0.1) is 7.11 Å². The van der Waals surface area contributed by atoms with Gasteiger partial charge in [-0.3, -0.25) is 9.79 Å². The Hall–Kier alpha value is -2.30. The lowest BCUT2D eigenvalue weighted by molar-refractivity contribution is -0.113. The van der Waals surface area contributed by atoms with Gasteiger partial charge in [-0.15, -0.1) is 0 Å². The molecule has 0 aromatic heterocycles. The number of carbonyl (C=O) groups is 1. The third-order valence-corrected chi connectivity index (χ3v) is 3.09. The lowest BCUT2D eigenvalue weighted by Gasteiger charge is -2.17. The van der Waals surface area contributed by atoms with Gasteiger partial charge in [0.15, 0.2) is 5.78 Å². The zero-order chi connectivity index (χ0) is 14.5. The van der Waals surface area contributed by atoms with E-state index in [1.807, 2.05) is 0 Å². The second-order valence-corrected chi connectivity index (χ2v) is 4.52. The van der Waals surface area contributed by atoms with Gasteiger partial charge in [-0.05, 0) is 37.6 Å². The summed E-state index contributed by atoms with van der Waals surface area (Å²) < 4.78 is 5.07. The largest absolute Gasteiger partial charge is 0.506 e. The zero-order valence-corrected chi connectivity index (χ0v) is 11.6. The van der Waals surface area contributed by atoms with Crippen molar-refractivity contribution < 1.29 is 14.6 Å². The van der Waals surface area contributed by atoms with Gasteiger partial charge < -0.3 is 15.2 Å². The van der Waals surface area contributed by atoms with E-state index in [4.69, 9.17) is 4.74 Å². The number of aliphatic imine (C=N–C) groups is 1. The first-order chi connectivity index (χ1) is 9.63. The van der Waals surface area contributed by atoms with Crippen LogP contribution in [-0.4, -0.2) is 36.9 Å². The number of hydrogen-bond donors (Lipinski definition) is 2. The highest BCUT2D eigenvalue weighted by Crippen LogP contribution is 2.21. The number of aliphatic hydroxyl groups is 1. The van der Waals surface area contributed by atoms with Crippen LogP contribution in [0.3, 0.4) is 0 Å². The summed E-state index contributed by atoms with van der Waals surface area (Å²) in [6, 6.07) is 6.89. The van der Waals surface area contributed by atoms with Gasteiger partial charge in [0.1, 0.15) is 22.9 Å². The summed E-state index contributed by atoms with van der Waals surface area (Å²) in [5, 5.41) is 13.4. The first-order valence-electron chi connectivity index (χ1n) is 6.50. The fourth-order valence-corrected chi connectivity index (χ4v) is 2.04. The Morgan fingerprint density at radius 3 is 2.55 bits per heavy atom. The van der Waals surface area contributed by atoms with Crippen molar-refractivity contribution in [3.05, 3.63) is 35.4 Å². The van der Waals surface area contributed by atoms with Crippen LogP contribution < -0.4 is 10.1 Å². The summed E-state index contributed by atoms with van der Waals surface area (Å²) in [5.74, 6) is 0.885. The fourth-order valence-electron chi connectivity index (χ4n) is 2.04. The standard InChI is InChI=1S/C15H18N2O3/c1-10(18)13(15-16-8-3-9-17-15)14(19)11-4-6-12(20-2)7-5-11/h4-7,19H,3,8-9H2,1-2H3,(H,16,17). The van der Waals surface area contributed by atoms with Crippen molar-refractivity contribution in [1.29, 1.82) is 0 Å². The second-order valence-electron chi connectivity index (χ2n) is 4.52. The number of ketones is 1. The predicted octanol–water partition coefficient (Wildman–Crippen LogP) is 1.95. The lowest BCUT2D eigenvalue weighted by atomic mass is 10.0. The van der Waals surface area contributed by atoms with Crippen LogP contribution in [0.4, 0.5) is 0 Å². The fraction of sp³-hybridized carbons (Fsp3) is 0.333.